The number of halogens is 1. The Morgan fingerprint density at radius 1 is 1.08 bits per heavy atom. The highest BCUT2D eigenvalue weighted by molar-refractivity contribution is 6.31. The van der Waals surface area contributed by atoms with Crippen molar-refractivity contribution in [1.82, 2.24) is 0 Å². The summed E-state index contributed by atoms with van der Waals surface area (Å²) in [4.78, 5) is 1.46. The van der Waals surface area contributed by atoms with Crippen LogP contribution in [0.1, 0.15) is 16.7 Å². The first-order chi connectivity index (χ1) is 11.7. The maximum absolute atomic E-state index is 6.48. The van der Waals surface area contributed by atoms with Crippen molar-refractivity contribution in [3.63, 3.8) is 0 Å². The average Bonchev–Trinajstić information content (AvgIpc) is 2.61. The molecule has 1 atom stereocenters. The van der Waals surface area contributed by atoms with Gasteiger partial charge in [0.2, 0.25) is 0 Å². The van der Waals surface area contributed by atoms with Gasteiger partial charge in [0, 0.05) is 12.0 Å². The zero-order valence-electron chi connectivity index (χ0n) is 14.1. The maximum atomic E-state index is 6.48. The molecule has 126 valence electrons. The Labute approximate surface area is 148 Å². The van der Waals surface area contributed by atoms with Crippen LogP contribution in [-0.4, -0.2) is 27.3 Å². The number of benzene rings is 2. The van der Waals surface area contributed by atoms with Crippen LogP contribution >= 0.6 is 11.6 Å². The Bertz CT molecular complexity index is 728. The second-order valence-electron chi connectivity index (χ2n) is 6.08. The van der Waals surface area contributed by atoms with Crippen LogP contribution in [0.25, 0.3) is 6.08 Å². The Balaban J connectivity index is 1.72. The van der Waals surface area contributed by atoms with Crippen molar-refractivity contribution in [3.05, 3.63) is 64.2 Å². The molecule has 1 aliphatic heterocycles. The van der Waals surface area contributed by atoms with Crippen molar-refractivity contribution < 1.29 is 14.4 Å². The van der Waals surface area contributed by atoms with Gasteiger partial charge in [-0.2, -0.15) is 0 Å². The third-order valence-electron chi connectivity index (χ3n) is 4.44. The van der Waals surface area contributed by atoms with Gasteiger partial charge in [0.1, 0.15) is 13.1 Å². The molecule has 0 saturated heterocycles. The molecular weight excluding hydrogens is 322 g/mol. The lowest BCUT2D eigenvalue weighted by Gasteiger charge is -2.26. The zero-order chi connectivity index (χ0) is 16.9. The smallest absolute Gasteiger partial charge is 0.161 e. The summed E-state index contributed by atoms with van der Waals surface area (Å²) >= 11 is 6.48. The van der Waals surface area contributed by atoms with E-state index in [4.69, 9.17) is 21.1 Å². The standard InChI is InChI=1S/C20H22ClNO2/c1-23-19-11-16-8-9-22(13-17(16)12-20(19)24-2)14-18(21)10-15-6-4-3-5-7-15/h3-7,10-12H,8-9,13-14H2,1-2H3/p+1/b18-10-. The summed E-state index contributed by atoms with van der Waals surface area (Å²) in [6.07, 6.45) is 3.08. The van der Waals surface area contributed by atoms with Gasteiger partial charge in [-0.25, -0.2) is 0 Å². The van der Waals surface area contributed by atoms with E-state index in [2.05, 4.69) is 30.3 Å². The molecule has 0 fully saturated rings. The maximum Gasteiger partial charge on any atom is 0.161 e. The van der Waals surface area contributed by atoms with Gasteiger partial charge in [-0.3, -0.25) is 0 Å². The Morgan fingerprint density at radius 3 is 2.42 bits per heavy atom. The molecule has 2 aromatic rings. The second-order valence-corrected chi connectivity index (χ2v) is 6.57. The molecule has 4 heteroatoms. The molecule has 0 bridgehead atoms. The fourth-order valence-electron chi connectivity index (χ4n) is 3.20. The van der Waals surface area contributed by atoms with E-state index in [-0.39, 0.29) is 0 Å². The Hall–Kier alpha value is -1.97. The van der Waals surface area contributed by atoms with Crippen LogP contribution in [0.4, 0.5) is 0 Å². The van der Waals surface area contributed by atoms with Crippen molar-refractivity contribution in [3.8, 4) is 11.5 Å². The highest BCUT2D eigenvalue weighted by Gasteiger charge is 2.22. The molecule has 0 amide bonds. The number of hydrogen-bond donors (Lipinski definition) is 1. The van der Waals surface area contributed by atoms with Gasteiger partial charge < -0.3 is 14.4 Å². The minimum atomic E-state index is 0.795. The molecule has 0 aliphatic carbocycles. The van der Waals surface area contributed by atoms with E-state index < -0.39 is 0 Å². The second kappa shape index (κ2) is 7.73. The van der Waals surface area contributed by atoms with Gasteiger partial charge in [-0.05, 0) is 29.3 Å². The molecule has 2 aromatic carbocycles. The van der Waals surface area contributed by atoms with E-state index in [1.54, 1.807) is 14.2 Å². The fourth-order valence-corrected chi connectivity index (χ4v) is 3.52. The number of hydrogen-bond acceptors (Lipinski definition) is 2. The van der Waals surface area contributed by atoms with E-state index in [1.165, 1.54) is 16.0 Å². The molecule has 0 radical (unpaired) electrons. The lowest BCUT2D eigenvalue weighted by Crippen LogP contribution is -3.11. The van der Waals surface area contributed by atoms with E-state index in [0.29, 0.717) is 0 Å². The molecule has 1 N–H and O–H groups in total. The molecular formula is C20H23ClNO2+. The number of nitrogens with one attached hydrogen (secondary N) is 1. The van der Waals surface area contributed by atoms with Crippen molar-refractivity contribution in [1.29, 1.82) is 0 Å². The summed E-state index contributed by atoms with van der Waals surface area (Å²) in [5.74, 6) is 1.60. The van der Waals surface area contributed by atoms with Crippen LogP contribution in [0.2, 0.25) is 0 Å². The lowest BCUT2D eigenvalue weighted by atomic mass is 9.99. The Kier molecular flexibility index (Phi) is 5.44. The largest absolute Gasteiger partial charge is 0.493 e. The minimum Gasteiger partial charge on any atom is -0.493 e. The zero-order valence-corrected chi connectivity index (χ0v) is 14.9. The molecule has 1 aliphatic rings. The minimum absolute atomic E-state index is 0.795. The summed E-state index contributed by atoms with van der Waals surface area (Å²) in [6.45, 7) is 2.86. The summed E-state index contributed by atoms with van der Waals surface area (Å²) in [5, 5.41) is 0.889. The van der Waals surface area contributed by atoms with Crippen molar-refractivity contribution in [2.75, 3.05) is 27.3 Å². The first-order valence-corrected chi connectivity index (χ1v) is 8.56. The highest BCUT2D eigenvalue weighted by Crippen LogP contribution is 2.31. The number of ether oxygens (including phenoxy) is 2. The Morgan fingerprint density at radius 2 is 1.75 bits per heavy atom. The number of quaternary nitrogens is 1. The fraction of sp³-hybridized carbons (Fsp3) is 0.300. The van der Waals surface area contributed by atoms with Gasteiger partial charge in [0.15, 0.2) is 11.5 Å². The predicted molar refractivity (Wildman–Crippen MR) is 97.9 cm³/mol. The van der Waals surface area contributed by atoms with Crippen LogP contribution < -0.4 is 14.4 Å². The third kappa shape index (κ3) is 3.92. The molecule has 3 nitrogen and oxygen atoms in total. The summed E-state index contributed by atoms with van der Waals surface area (Å²) < 4.78 is 10.8. The average molecular weight is 345 g/mol. The first-order valence-electron chi connectivity index (χ1n) is 8.18. The molecule has 0 saturated carbocycles. The van der Waals surface area contributed by atoms with Gasteiger partial charge in [0.05, 0.1) is 25.8 Å². The van der Waals surface area contributed by atoms with E-state index >= 15 is 0 Å². The predicted octanol–water partition coefficient (Wildman–Crippen LogP) is 2.92. The van der Waals surface area contributed by atoms with Crippen LogP contribution in [0.3, 0.4) is 0 Å². The third-order valence-corrected chi connectivity index (χ3v) is 4.68. The van der Waals surface area contributed by atoms with Crippen molar-refractivity contribution in [2.45, 2.75) is 13.0 Å². The van der Waals surface area contributed by atoms with Crippen LogP contribution in [0.5, 0.6) is 11.5 Å². The summed E-state index contributed by atoms with van der Waals surface area (Å²) in [7, 11) is 3.36. The van der Waals surface area contributed by atoms with Gasteiger partial charge in [-0.15, -0.1) is 0 Å². The number of fused-ring (bicyclic) bond motifs is 1. The van der Waals surface area contributed by atoms with Gasteiger partial charge in [0.25, 0.3) is 0 Å². The van der Waals surface area contributed by atoms with Crippen LogP contribution in [-0.2, 0) is 13.0 Å². The van der Waals surface area contributed by atoms with Crippen molar-refractivity contribution >= 4 is 17.7 Å². The number of rotatable bonds is 5. The summed E-state index contributed by atoms with van der Waals surface area (Å²) in [6, 6.07) is 14.4. The quantitative estimate of drug-likeness (QED) is 0.901. The first kappa shape index (κ1) is 16.9. The van der Waals surface area contributed by atoms with Gasteiger partial charge in [-0.1, -0.05) is 41.9 Å². The highest BCUT2D eigenvalue weighted by atomic mass is 35.5. The van der Waals surface area contributed by atoms with Gasteiger partial charge >= 0.3 is 0 Å². The normalized spacial score (nSPS) is 17.3. The molecule has 0 aromatic heterocycles. The van der Waals surface area contributed by atoms with E-state index in [1.807, 2.05) is 18.2 Å². The molecule has 3 rings (SSSR count). The topological polar surface area (TPSA) is 22.9 Å². The monoisotopic (exact) mass is 344 g/mol. The van der Waals surface area contributed by atoms with E-state index in [0.717, 1.165) is 48.1 Å². The summed E-state index contributed by atoms with van der Waals surface area (Å²) in [5.41, 5.74) is 3.81. The van der Waals surface area contributed by atoms with Crippen LogP contribution in [0.15, 0.2) is 47.5 Å². The SMILES string of the molecule is COc1cc2c(cc1OC)C[NH+](C/C(Cl)=C/c1ccccc1)CC2. The molecule has 1 heterocycles. The lowest BCUT2D eigenvalue weighted by molar-refractivity contribution is -0.910. The molecule has 24 heavy (non-hydrogen) atoms. The molecule has 0 spiro atoms. The van der Waals surface area contributed by atoms with Crippen LogP contribution in [0, 0.1) is 0 Å². The van der Waals surface area contributed by atoms with Crippen molar-refractivity contribution in [2.24, 2.45) is 0 Å². The molecule has 1 unspecified atom stereocenters. The van der Waals surface area contributed by atoms with E-state index in [9.17, 15) is 0 Å². The number of methoxy groups -OCH3 is 2.